The molecule has 1 aromatic heterocycles. The molecule has 0 saturated heterocycles. The second kappa shape index (κ2) is 6.49. The first-order chi connectivity index (χ1) is 10.0. The molecule has 0 N–H and O–H groups in total. The van der Waals surface area contributed by atoms with Crippen LogP contribution in [0.5, 0.6) is 0 Å². The molecule has 0 aliphatic rings. The Morgan fingerprint density at radius 3 is 2.62 bits per heavy atom. The Kier molecular flexibility index (Phi) is 4.70. The fourth-order valence-corrected chi connectivity index (χ4v) is 1.97. The zero-order valence-corrected chi connectivity index (χ0v) is 12.8. The molecule has 6 heteroatoms. The highest BCUT2D eigenvalue weighted by atomic mass is 16.5. The van der Waals surface area contributed by atoms with E-state index in [2.05, 4.69) is 10.2 Å². The summed E-state index contributed by atoms with van der Waals surface area (Å²) in [5.41, 5.74) is 1.80. The molecule has 0 bridgehead atoms. The summed E-state index contributed by atoms with van der Waals surface area (Å²) >= 11 is 0. The number of hydrogen-bond acceptors (Lipinski definition) is 4. The van der Waals surface area contributed by atoms with Crippen molar-refractivity contribution >= 4 is 5.91 Å². The van der Waals surface area contributed by atoms with E-state index in [1.54, 1.807) is 26.0 Å². The largest absolute Gasteiger partial charge is 0.383 e. The van der Waals surface area contributed by atoms with E-state index in [0.717, 1.165) is 5.69 Å². The molecule has 0 fully saturated rings. The van der Waals surface area contributed by atoms with Gasteiger partial charge in [-0.15, -0.1) is 5.10 Å². The number of carbonyl (C=O) groups is 1. The van der Waals surface area contributed by atoms with Crippen molar-refractivity contribution in [2.24, 2.45) is 0 Å². The van der Waals surface area contributed by atoms with Gasteiger partial charge in [0.15, 0.2) is 5.69 Å². The number of hydrogen-bond donors (Lipinski definition) is 0. The van der Waals surface area contributed by atoms with Crippen LogP contribution in [0, 0.1) is 6.92 Å². The number of aromatic nitrogens is 3. The van der Waals surface area contributed by atoms with Gasteiger partial charge in [-0.3, -0.25) is 4.79 Å². The average Bonchev–Trinajstić information content (AvgIpc) is 2.89. The Labute approximate surface area is 124 Å². The first kappa shape index (κ1) is 15.2. The van der Waals surface area contributed by atoms with Gasteiger partial charge in [-0.2, -0.15) is 9.90 Å². The molecular formula is C15H20N4O2. The molecule has 21 heavy (non-hydrogen) atoms. The van der Waals surface area contributed by atoms with Crippen LogP contribution in [0.25, 0.3) is 5.69 Å². The van der Waals surface area contributed by atoms with Crippen molar-refractivity contribution < 1.29 is 9.53 Å². The number of para-hydroxylation sites is 1. The van der Waals surface area contributed by atoms with E-state index >= 15 is 0 Å². The zero-order chi connectivity index (χ0) is 15.4. The molecular weight excluding hydrogens is 268 g/mol. The minimum Gasteiger partial charge on any atom is -0.383 e. The molecule has 1 amide bonds. The molecule has 6 nitrogen and oxygen atoms in total. The SMILES string of the molecule is COCC(C)N(C)C(=O)c1nn(-c2ccccc2)nc1C. The molecule has 2 aromatic rings. The van der Waals surface area contributed by atoms with Crippen molar-refractivity contribution in [3.05, 3.63) is 41.7 Å². The molecule has 0 aliphatic heterocycles. The van der Waals surface area contributed by atoms with Gasteiger partial charge >= 0.3 is 0 Å². The summed E-state index contributed by atoms with van der Waals surface area (Å²) in [6.45, 7) is 4.20. The third-order valence-corrected chi connectivity index (χ3v) is 3.36. The number of rotatable bonds is 5. The molecule has 0 spiro atoms. The van der Waals surface area contributed by atoms with Gasteiger partial charge in [0.25, 0.3) is 5.91 Å². The van der Waals surface area contributed by atoms with Crippen LogP contribution in [0.3, 0.4) is 0 Å². The van der Waals surface area contributed by atoms with Gasteiger partial charge in [0.05, 0.1) is 24.0 Å². The van der Waals surface area contributed by atoms with Crippen LogP contribution in [0.2, 0.25) is 0 Å². The van der Waals surface area contributed by atoms with Crippen molar-refractivity contribution in [2.45, 2.75) is 19.9 Å². The van der Waals surface area contributed by atoms with Gasteiger partial charge in [-0.05, 0) is 26.0 Å². The maximum atomic E-state index is 12.5. The Morgan fingerprint density at radius 2 is 2.00 bits per heavy atom. The van der Waals surface area contributed by atoms with Gasteiger partial charge in [0.1, 0.15) is 0 Å². The molecule has 0 radical (unpaired) electrons. The molecule has 1 unspecified atom stereocenters. The summed E-state index contributed by atoms with van der Waals surface area (Å²) in [5, 5.41) is 8.63. The van der Waals surface area contributed by atoms with E-state index in [9.17, 15) is 4.79 Å². The van der Waals surface area contributed by atoms with Crippen molar-refractivity contribution in [1.29, 1.82) is 0 Å². The van der Waals surface area contributed by atoms with Gasteiger partial charge in [0, 0.05) is 14.2 Å². The molecule has 1 atom stereocenters. The van der Waals surface area contributed by atoms with E-state index < -0.39 is 0 Å². The number of ether oxygens (including phenoxy) is 1. The van der Waals surface area contributed by atoms with Crippen LogP contribution < -0.4 is 0 Å². The average molecular weight is 288 g/mol. The Hall–Kier alpha value is -2.21. The fourth-order valence-electron chi connectivity index (χ4n) is 1.97. The first-order valence-electron chi connectivity index (χ1n) is 6.80. The zero-order valence-electron chi connectivity index (χ0n) is 12.8. The van der Waals surface area contributed by atoms with Crippen LogP contribution >= 0.6 is 0 Å². The number of likely N-dealkylation sites (N-methyl/N-ethyl adjacent to an activating group) is 1. The predicted octanol–water partition coefficient (Wildman–Crippen LogP) is 1.68. The van der Waals surface area contributed by atoms with Crippen LogP contribution in [0.4, 0.5) is 0 Å². The summed E-state index contributed by atoms with van der Waals surface area (Å²) in [5.74, 6) is -0.153. The summed E-state index contributed by atoms with van der Waals surface area (Å²) in [6.07, 6.45) is 0. The van der Waals surface area contributed by atoms with Crippen LogP contribution in [0.15, 0.2) is 30.3 Å². The Balaban J connectivity index is 2.25. The number of aryl methyl sites for hydroxylation is 1. The normalized spacial score (nSPS) is 12.2. The highest BCUT2D eigenvalue weighted by Crippen LogP contribution is 2.11. The Bertz CT molecular complexity index is 609. The van der Waals surface area contributed by atoms with E-state index in [0.29, 0.717) is 18.0 Å². The summed E-state index contributed by atoms with van der Waals surface area (Å²) in [4.78, 5) is 15.6. The van der Waals surface area contributed by atoms with Gasteiger partial charge < -0.3 is 9.64 Å². The molecule has 112 valence electrons. The number of methoxy groups -OCH3 is 1. The highest BCUT2D eigenvalue weighted by Gasteiger charge is 2.23. The lowest BCUT2D eigenvalue weighted by Crippen LogP contribution is -2.38. The van der Waals surface area contributed by atoms with Crippen molar-refractivity contribution in [3.8, 4) is 5.69 Å². The molecule has 0 saturated carbocycles. The Morgan fingerprint density at radius 1 is 1.33 bits per heavy atom. The topological polar surface area (TPSA) is 60.2 Å². The number of amides is 1. The molecule has 1 aromatic carbocycles. The number of benzene rings is 1. The highest BCUT2D eigenvalue weighted by molar-refractivity contribution is 5.93. The maximum absolute atomic E-state index is 12.5. The molecule has 0 aliphatic carbocycles. The number of carbonyl (C=O) groups excluding carboxylic acids is 1. The minimum atomic E-state index is -0.153. The minimum absolute atomic E-state index is 0.0243. The smallest absolute Gasteiger partial charge is 0.276 e. The van der Waals surface area contributed by atoms with E-state index in [1.165, 1.54) is 4.80 Å². The lowest BCUT2D eigenvalue weighted by atomic mass is 10.2. The lowest BCUT2D eigenvalue weighted by Gasteiger charge is -2.23. The number of nitrogens with zero attached hydrogens (tertiary/aromatic N) is 4. The quantitative estimate of drug-likeness (QED) is 0.840. The molecule has 2 rings (SSSR count). The van der Waals surface area contributed by atoms with E-state index in [-0.39, 0.29) is 11.9 Å². The van der Waals surface area contributed by atoms with Crippen molar-refractivity contribution in [3.63, 3.8) is 0 Å². The monoisotopic (exact) mass is 288 g/mol. The summed E-state index contributed by atoms with van der Waals surface area (Å²) in [6, 6.07) is 9.50. The van der Waals surface area contributed by atoms with Crippen molar-refractivity contribution in [2.75, 3.05) is 20.8 Å². The fraction of sp³-hybridized carbons (Fsp3) is 0.400. The maximum Gasteiger partial charge on any atom is 0.276 e. The predicted molar refractivity (Wildman–Crippen MR) is 79.5 cm³/mol. The summed E-state index contributed by atoms with van der Waals surface area (Å²) < 4.78 is 5.08. The van der Waals surface area contributed by atoms with Crippen LogP contribution in [-0.4, -0.2) is 52.6 Å². The third kappa shape index (κ3) is 3.28. The van der Waals surface area contributed by atoms with Gasteiger partial charge in [-0.1, -0.05) is 18.2 Å². The van der Waals surface area contributed by atoms with Crippen molar-refractivity contribution in [1.82, 2.24) is 19.9 Å². The van der Waals surface area contributed by atoms with Gasteiger partial charge in [0.2, 0.25) is 0 Å². The van der Waals surface area contributed by atoms with Crippen LogP contribution in [0.1, 0.15) is 23.1 Å². The van der Waals surface area contributed by atoms with Gasteiger partial charge in [-0.25, -0.2) is 0 Å². The standard InChI is InChI=1S/C15H20N4O2/c1-11(10-21-4)18(3)15(20)14-12(2)16-19(17-14)13-8-6-5-7-9-13/h5-9,11H,10H2,1-4H3. The summed E-state index contributed by atoms with van der Waals surface area (Å²) in [7, 11) is 3.36. The third-order valence-electron chi connectivity index (χ3n) is 3.36. The van der Waals surface area contributed by atoms with E-state index in [1.807, 2.05) is 37.3 Å². The lowest BCUT2D eigenvalue weighted by molar-refractivity contribution is 0.0627. The second-order valence-electron chi connectivity index (χ2n) is 4.98. The first-order valence-corrected chi connectivity index (χ1v) is 6.80. The molecule has 1 heterocycles. The van der Waals surface area contributed by atoms with E-state index in [4.69, 9.17) is 4.74 Å². The van der Waals surface area contributed by atoms with Crippen LogP contribution in [-0.2, 0) is 4.74 Å². The second-order valence-corrected chi connectivity index (χ2v) is 4.98.